The molecule has 0 amide bonds. The average Bonchev–Trinajstić information content (AvgIpc) is 1.94. The first-order valence-electron chi connectivity index (χ1n) is 2.95. The van der Waals surface area contributed by atoms with Crippen LogP contribution in [0.15, 0.2) is 17.3 Å². The molecule has 10 heavy (non-hydrogen) atoms. The summed E-state index contributed by atoms with van der Waals surface area (Å²) < 4.78 is 5.06. The van der Waals surface area contributed by atoms with Crippen molar-refractivity contribution >= 4 is 11.6 Å². The first-order valence-corrected chi connectivity index (χ1v) is 2.95. The molecule has 0 aromatic carbocycles. The van der Waals surface area contributed by atoms with Crippen LogP contribution in [0.4, 0.5) is 0 Å². The molecule has 1 aliphatic heterocycles. The Labute approximate surface area is 58.9 Å². The standard InChI is InChI=1S/C6H9N3O/c1-4-2-3-5(7)6(9-8)10-4/h2-4,7H,8H2,1H3. The molecule has 3 N–H and O–H groups in total. The van der Waals surface area contributed by atoms with Crippen LogP contribution in [0.2, 0.25) is 0 Å². The number of hydrogen-bond acceptors (Lipinski definition) is 4. The summed E-state index contributed by atoms with van der Waals surface area (Å²) in [6.07, 6.45) is 3.37. The van der Waals surface area contributed by atoms with E-state index in [0.29, 0.717) is 0 Å². The molecule has 0 aromatic heterocycles. The second-order valence-electron chi connectivity index (χ2n) is 2.03. The van der Waals surface area contributed by atoms with Gasteiger partial charge in [0.15, 0.2) is 0 Å². The fourth-order valence-corrected chi connectivity index (χ4v) is 0.682. The van der Waals surface area contributed by atoms with E-state index in [1.165, 1.54) is 0 Å². The first kappa shape index (κ1) is 6.80. The van der Waals surface area contributed by atoms with E-state index in [2.05, 4.69) is 5.10 Å². The van der Waals surface area contributed by atoms with Crippen molar-refractivity contribution in [1.82, 2.24) is 0 Å². The Hall–Kier alpha value is -1.32. The van der Waals surface area contributed by atoms with Gasteiger partial charge in [-0.15, -0.1) is 5.10 Å². The third-order valence-electron chi connectivity index (χ3n) is 1.18. The lowest BCUT2D eigenvalue weighted by Gasteiger charge is -2.15. The second-order valence-corrected chi connectivity index (χ2v) is 2.03. The van der Waals surface area contributed by atoms with E-state index in [-0.39, 0.29) is 17.7 Å². The third kappa shape index (κ3) is 1.15. The summed E-state index contributed by atoms with van der Waals surface area (Å²) in [6.45, 7) is 1.86. The van der Waals surface area contributed by atoms with E-state index < -0.39 is 0 Å². The number of hydrazone groups is 1. The van der Waals surface area contributed by atoms with Gasteiger partial charge < -0.3 is 10.6 Å². The monoisotopic (exact) mass is 139 g/mol. The normalized spacial score (nSPS) is 28.7. The molecule has 4 heteroatoms. The van der Waals surface area contributed by atoms with Gasteiger partial charge in [0.1, 0.15) is 11.8 Å². The molecule has 1 atom stereocenters. The summed E-state index contributed by atoms with van der Waals surface area (Å²) in [6, 6.07) is 0. The summed E-state index contributed by atoms with van der Waals surface area (Å²) in [5.41, 5.74) is 0.223. The van der Waals surface area contributed by atoms with Gasteiger partial charge >= 0.3 is 0 Å². The van der Waals surface area contributed by atoms with Crippen molar-refractivity contribution in [2.24, 2.45) is 10.9 Å². The van der Waals surface area contributed by atoms with Crippen molar-refractivity contribution in [2.75, 3.05) is 0 Å². The Morgan fingerprint density at radius 3 is 3.00 bits per heavy atom. The zero-order valence-corrected chi connectivity index (χ0v) is 5.66. The van der Waals surface area contributed by atoms with E-state index in [4.69, 9.17) is 16.0 Å². The Morgan fingerprint density at radius 1 is 1.80 bits per heavy atom. The molecule has 0 fully saturated rings. The zero-order valence-electron chi connectivity index (χ0n) is 5.66. The van der Waals surface area contributed by atoms with Crippen molar-refractivity contribution in [1.29, 1.82) is 5.41 Å². The molecular weight excluding hydrogens is 130 g/mol. The fourth-order valence-electron chi connectivity index (χ4n) is 0.682. The number of nitrogens with two attached hydrogens (primary N) is 1. The number of nitrogens with zero attached hydrogens (tertiary/aromatic N) is 1. The van der Waals surface area contributed by atoms with E-state index in [9.17, 15) is 0 Å². The SMILES string of the molecule is CC1C=CC(=N)C(=NN)O1. The second kappa shape index (κ2) is 2.51. The molecule has 0 saturated heterocycles. The summed E-state index contributed by atoms with van der Waals surface area (Å²) in [5, 5.41) is 10.5. The first-order chi connectivity index (χ1) is 4.74. The van der Waals surface area contributed by atoms with E-state index >= 15 is 0 Å². The average molecular weight is 139 g/mol. The van der Waals surface area contributed by atoms with Gasteiger partial charge in [0, 0.05) is 0 Å². The Kier molecular flexibility index (Phi) is 1.71. The van der Waals surface area contributed by atoms with Gasteiger partial charge in [-0.2, -0.15) is 0 Å². The Bertz CT molecular complexity index is 207. The summed E-state index contributed by atoms with van der Waals surface area (Å²) in [7, 11) is 0. The molecule has 54 valence electrons. The molecule has 4 nitrogen and oxygen atoms in total. The number of ether oxygens (including phenoxy) is 1. The van der Waals surface area contributed by atoms with Gasteiger partial charge in [-0.25, -0.2) is 0 Å². The number of hydrogen-bond donors (Lipinski definition) is 2. The molecule has 0 saturated carbocycles. The van der Waals surface area contributed by atoms with Gasteiger partial charge in [-0.3, -0.25) is 5.41 Å². The van der Waals surface area contributed by atoms with Gasteiger partial charge in [-0.05, 0) is 19.1 Å². The molecule has 0 bridgehead atoms. The highest BCUT2D eigenvalue weighted by Crippen LogP contribution is 2.02. The topological polar surface area (TPSA) is 71.5 Å². The summed E-state index contributed by atoms with van der Waals surface area (Å²) in [4.78, 5) is 0. The smallest absolute Gasteiger partial charge is 0.256 e. The lowest BCUT2D eigenvalue weighted by atomic mass is 10.2. The lowest BCUT2D eigenvalue weighted by Crippen LogP contribution is -2.25. The van der Waals surface area contributed by atoms with Crippen molar-refractivity contribution in [2.45, 2.75) is 13.0 Å². The fraction of sp³-hybridized carbons (Fsp3) is 0.333. The predicted molar refractivity (Wildman–Crippen MR) is 39.0 cm³/mol. The largest absolute Gasteiger partial charge is 0.468 e. The molecular formula is C6H9N3O. The van der Waals surface area contributed by atoms with Crippen molar-refractivity contribution < 1.29 is 4.74 Å². The highest BCUT2D eigenvalue weighted by molar-refractivity contribution is 6.42. The van der Waals surface area contributed by atoms with Crippen LogP contribution in [0.3, 0.4) is 0 Å². The van der Waals surface area contributed by atoms with Crippen LogP contribution in [0.5, 0.6) is 0 Å². The van der Waals surface area contributed by atoms with Crippen LogP contribution in [0.25, 0.3) is 0 Å². The van der Waals surface area contributed by atoms with Crippen LogP contribution in [-0.2, 0) is 4.74 Å². The van der Waals surface area contributed by atoms with Gasteiger partial charge in [0.2, 0.25) is 0 Å². The molecule has 0 spiro atoms. The molecule has 0 radical (unpaired) electrons. The number of nitrogens with one attached hydrogen (secondary N) is 1. The van der Waals surface area contributed by atoms with Crippen LogP contribution >= 0.6 is 0 Å². The molecule has 1 rings (SSSR count). The molecule has 0 aliphatic carbocycles. The van der Waals surface area contributed by atoms with Gasteiger partial charge in [-0.1, -0.05) is 0 Å². The van der Waals surface area contributed by atoms with Crippen molar-refractivity contribution in [3.63, 3.8) is 0 Å². The molecule has 1 aliphatic rings. The third-order valence-corrected chi connectivity index (χ3v) is 1.18. The van der Waals surface area contributed by atoms with E-state index in [1.54, 1.807) is 12.2 Å². The van der Waals surface area contributed by atoms with Crippen LogP contribution in [0, 0.1) is 5.41 Å². The van der Waals surface area contributed by atoms with Gasteiger partial charge in [0.05, 0.1) is 0 Å². The Balaban J connectivity index is 2.82. The summed E-state index contributed by atoms with van der Waals surface area (Å²) in [5.74, 6) is 5.15. The van der Waals surface area contributed by atoms with Crippen LogP contribution < -0.4 is 5.84 Å². The van der Waals surface area contributed by atoms with E-state index in [0.717, 1.165) is 0 Å². The molecule has 1 heterocycles. The minimum atomic E-state index is -0.0311. The van der Waals surface area contributed by atoms with Crippen LogP contribution in [-0.4, -0.2) is 17.7 Å². The maximum absolute atomic E-state index is 7.21. The van der Waals surface area contributed by atoms with E-state index in [1.807, 2.05) is 6.92 Å². The number of rotatable bonds is 0. The maximum Gasteiger partial charge on any atom is 0.256 e. The maximum atomic E-state index is 7.21. The quantitative estimate of drug-likeness (QED) is 0.373. The highest BCUT2D eigenvalue weighted by atomic mass is 16.5. The molecule has 1 unspecified atom stereocenters. The minimum Gasteiger partial charge on any atom is -0.468 e. The van der Waals surface area contributed by atoms with Crippen molar-refractivity contribution in [3.05, 3.63) is 12.2 Å². The van der Waals surface area contributed by atoms with Crippen LogP contribution in [0.1, 0.15) is 6.92 Å². The summed E-state index contributed by atoms with van der Waals surface area (Å²) >= 11 is 0. The minimum absolute atomic E-state index is 0.0311. The molecule has 0 aromatic rings. The van der Waals surface area contributed by atoms with Crippen molar-refractivity contribution in [3.8, 4) is 0 Å². The predicted octanol–water partition coefficient (Wildman–Crippen LogP) is 0.253. The zero-order chi connectivity index (χ0) is 7.56. The Morgan fingerprint density at radius 2 is 2.50 bits per heavy atom. The highest BCUT2D eigenvalue weighted by Gasteiger charge is 2.13. The lowest BCUT2D eigenvalue weighted by molar-refractivity contribution is 0.257. The van der Waals surface area contributed by atoms with Gasteiger partial charge in [0.25, 0.3) is 5.90 Å².